The Balaban J connectivity index is 4.41. The van der Waals surface area contributed by atoms with Gasteiger partial charge in [-0.2, -0.15) is 0 Å². The normalized spacial score (nSPS) is 12.3. The van der Waals surface area contributed by atoms with Crippen LogP contribution in [0.2, 0.25) is 0 Å². The van der Waals surface area contributed by atoms with E-state index in [1.165, 1.54) is 212 Å². The third kappa shape index (κ3) is 56.2. The molecule has 0 aliphatic carbocycles. The standard InChI is InChI=1S/C63H114O6/c1-4-7-10-13-16-19-22-25-28-30-31-33-35-38-41-44-47-50-53-56-62(65)68-59-60(58-67-61(64)55-52-49-46-43-40-37-34-27-24-21-18-15-12-9-6-3)69-63(66)57-54-51-48-45-42-39-36-32-29-26-23-20-17-14-11-8-5-2/h26,29-31,36,39,45,48,60H,4-25,27-28,32-35,37-38,40-44,46-47,49-59H2,1-3H3/b29-26-,31-30-,39-36-,48-45-. The maximum absolute atomic E-state index is 12.8. The third-order valence-electron chi connectivity index (χ3n) is 13.3. The van der Waals surface area contributed by atoms with Crippen molar-refractivity contribution in [2.45, 2.75) is 322 Å². The fraction of sp³-hybridized carbons (Fsp3) is 0.825. The lowest BCUT2D eigenvalue weighted by Crippen LogP contribution is -2.30. The molecule has 0 N–H and O–H groups in total. The molecule has 0 amide bonds. The van der Waals surface area contributed by atoms with E-state index in [-0.39, 0.29) is 37.5 Å². The van der Waals surface area contributed by atoms with Gasteiger partial charge in [-0.15, -0.1) is 0 Å². The minimum absolute atomic E-state index is 0.0912. The average Bonchev–Trinajstić information content (AvgIpc) is 3.35. The summed E-state index contributed by atoms with van der Waals surface area (Å²) in [5.74, 6) is -0.932. The molecule has 0 aromatic carbocycles. The van der Waals surface area contributed by atoms with Gasteiger partial charge in [0.1, 0.15) is 13.2 Å². The smallest absolute Gasteiger partial charge is 0.306 e. The van der Waals surface area contributed by atoms with Gasteiger partial charge in [0, 0.05) is 19.3 Å². The summed E-state index contributed by atoms with van der Waals surface area (Å²) in [7, 11) is 0. The van der Waals surface area contributed by atoms with Crippen LogP contribution in [0.5, 0.6) is 0 Å². The highest BCUT2D eigenvalue weighted by Gasteiger charge is 2.19. The Morgan fingerprint density at radius 1 is 0.290 bits per heavy atom. The molecule has 6 heteroatoms. The molecule has 0 spiro atoms. The number of ether oxygens (including phenoxy) is 3. The van der Waals surface area contributed by atoms with Crippen molar-refractivity contribution >= 4 is 17.9 Å². The Morgan fingerprint density at radius 2 is 0.536 bits per heavy atom. The summed E-state index contributed by atoms with van der Waals surface area (Å²) >= 11 is 0. The Labute approximate surface area is 428 Å². The molecule has 6 nitrogen and oxygen atoms in total. The second-order valence-electron chi connectivity index (χ2n) is 20.3. The molecule has 0 heterocycles. The van der Waals surface area contributed by atoms with Crippen molar-refractivity contribution in [1.29, 1.82) is 0 Å². The number of unbranched alkanes of at least 4 members (excludes halogenated alkanes) is 36. The van der Waals surface area contributed by atoms with Crippen LogP contribution < -0.4 is 0 Å². The molecule has 1 unspecified atom stereocenters. The first-order valence-corrected chi connectivity index (χ1v) is 30.1. The van der Waals surface area contributed by atoms with Gasteiger partial charge in [-0.1, -0.05) is 268 Å². The summed E-state index contributed by atoms with van der Waals surface area (Å²) in [6, 6.07) is 0. The van der Waals surface area contributed by atoms with Crippen molar-refractivity contribution in [2.24, 2.45) is 0 Å². The number of carbonyl (C=O) groups is 3. The molecule has 0 saturated carbocycles. The lowest BCUT2D eigenvalue weighted by Gasteiger charge is -2.18. The molecular weight excluding hydrogens is 853 g/mol. The quantitative estimate of drug-likeness (QED) is 0.0262. The van der Waals surface area contributed by atoms with Crippen LogP contribution in [0.3, 0.4) is 0 Å². The van der Waals surface area contributed by atoms with Crippen molar-refractivity contribution in [3.05, 3.63) is 48.6 Å². The summed E-state index contributed by atoms with van der Waals surface area (Å²) in [4.78, 5) is 38.2. The summed E-state index contributed by atoms with van der Waals surface area (Å²) < 4.78 is 16.8. The van der Waals surface area contributed by atoms with Crippen LogP contribution in [0.25, 0.3) is 0 Å². The molecule has 1 atom stereocenters. The molecule has 0 fully saturated rings. The number of rotatable bonds is 55. The molecule has 0 saturated heterocycles. The van der Waals surface area contributed by atoms with Gasteiger partial charge in [-0.3, -0.25) is 14.4 Å². The van der Waals surface area contributed by atoms with E-state index in [0.717, 1.165) is 57.8 Å². The molecule has 0 aromatic rings. The first-order valence-electron chi connectivity index (χ1n) is 30.1. The van der Waals surface area contributed by atoms with Gasteiger partial charge in [0.05, 0.1) is 0 Å². The molecule has 402 valence electrons. The van der Waals surface area contributed by atoms with Gasteiger partial charge >= 0.3 is 17.9 Å². The second-order valence-corrected chi connectivity index (χ2v) is 20.3. The largest absolute Gasteiger partial charge is 0.462 e. The first kappa shape index (κ1) is 66.4. The molecular formula is C63H114O6. The van der Waals surface area contributed by atoms with Crippen LogP contribution in [0, 0.1) is 0 Å². The fourth-order valence-corrected chi connectivity index (χ4v) is 8.75. The predicted octanol–water partition coefficient (Wildman–Crippen LogP) is 20.2. The zero-order valence-electron chi connectivity index (χ0n) is 46.1. The summed E-state index contributed by atoms with van der Waals surface area (Å²) in [6.07, 6.45) is 71.1. The maximum atomic E-state index is 12.8. The summed E-state index contributed by atoms with van der Waals surface area (Å²) in [6.45, 7) is 6.63. The zero-order valence-corrected chi connectivity index (χ0v) is 46.1. The lowest BCUT2D eigenvalue weighted by molar-refractivity contribution is -0.167. The molecule has 0 rings (SSSR count). The van der Waals surface area contributed by atoms with Gasteiger partial charge in [0.2, 0.25) is 0 Å². The van der Waals surface area contributed by atoms with Crippen LogP contribution >= 0.6 is 0 Å². The summed E-state index contributed by atoms with van der Waals surface area (Å²) in [5.41, 5.74) is 0. The van der Waals surface area contributed by atoms with Crippen molar-refractivity contribution in [2.75, 3.05) is 13.2 Å². The van der Waals surface area contributed by atoms with E-state index in [9.17, 15) is 14.4 Å². The van der Waals surface area contributed by atoms with E-state index < -0.39 is 6.10 Å². The molecule has 0 bridgehead atoms. The van der Waals surface area contributed by atoms with Crippen molar-refractivity contribution in [1.82, 2.24) is 0 Å². The highest BCUT2D eigenvalue weighted by molar-refractivity contribution is 5.71. The van der Waals surface area contributed by atoms with Crippen LogP contribution in [0.1, 0.15) is 316 Å². The number of esters is 3. The number of hydrogen-bond donors (Lipinski definition) is 0. The topological polar surface area (TPSA) is 78.9 Å². The van der Waals surface area contributed by atoms with Crippen molar-refractivity contribution in [3.63, 3.8) is 0 Å². The Hall–Kier alpha value is -2.63. The Morgan fingerprint density at radius 3 is 0.870 bits per heavy atom. The maximum Gasteiger partial charge on any atom is 0.306 e. The highest BCUT2D eigenvalue weighted by atomic mass is 16.6. The van der Waals surface area contributed by atoms with Gasteiger partial charge in [0.15, 0.2) is 6.10 Å². The third-order valence-corrected chi connectivity index (χ3v) is 13.3. The lowest BCUT2D eigenvalue weighted by atomic mass is 10.0. The Kier molecular flexibility index (Phi) is 55.7. The van der Waals surface area contributed by atoms with E-state index in [2.05, 4.69) is 69.4 Å². The zero-order chi connectivity index (χ0) is 50.0. The van der Waals surface area contributed by atoms with Crippen LogP contribution in [-0.4, -0.2) is 37.2 Å². The fourth-order valence-electron chi connectivity index (χ4n) is 8.75. The molecule has 0 aromatic heterocycles. The summed E-state index contributed by atoms with van der Waals surface area (Å²) in [5, 5.41) is 0. The van der Waals surface area contributed by atoms with Crippen molar-refractivity contribution in [3.8, 4) is 0 Å². The van der Waals surface area contributed by atoms with Crippen LogP contribution in [-0.2, 0) is 28.6 Å². The monoisotopic (exact) mass is 967 g/mol. The van der Waals surface area contributed by atoms with E-state index >= 15 is 0 Å². The number of hydrogen-bond acceptors (Lipinski definition) is 6. The van der Waals surface area contributed by atoms with E-state index in [4.69, 9.17) is 14.2 Å². The number of allylic oxidation sites excluding steroid dienone is 8. The number of carbonyl (C=O) groups excluding carboxylic acids is 3. The first-order chi connectivity index (χ1) is 34.0. The Bertz CT molecular complexity index is 1200. The molecule has 0 aliphatic heterocycles. The minimum Gasteiger partial charge on any atom is -0.462 e. The molecule has 0 aliphatic rings. The van der Waals surface area contributed by atoms with E-state index in [0.29, 0.717) is 19.3 Å². The SMILES string of the molecule is CCCCCCCC/C=C\C/C=C\C/C=C\CCCC(=O)OC(COC(=O)CCCCCCCCC/C=C\CCCCCCCCCC)COC(=O)CCCCCCCCCCCCCCCCC. The van der Waals surface area contributed by atoms with Gasteiger partial charge in [-0.05, 0) is 77.0 Å². The van der Waals surface area contributed by atoms with Gasteiger partial charge in [0.25, 0.3) is 0 Å². The van der Waals surface area contributed by atoms with Gasteiger partial charge in [-0.25, -0.2) is 0 Å². The highest BCUT2D eigenvalue weighted by Crippen LogP contribution is 2.16. The average molecular weight is 968 g/mol. The van der Waals surface area contributed by atoms with E-state index in [1.54, 1.807) is 0 Å². The minimum atomic E-state index is -0.799. The van der Waals surface area contributed by atoms with Crippen LogP contribution in [0.15, 0.2) is 48.6 Å². The van der Waals surface area contributed by atoms with E-state index in [1.807, 2.05) is 0 Å². The molecule has 69 heavy (non-hydrogen) atoms. The van der Waals surface area contributed by atoms with Gasteiger partial charge < -0.3 is 14.2 Å². The predicted molar refractivity (Wildman–Crippen MR) is 298 cm³/mol. The van der Waals surface area contributed by atoms with Crippen LogP contribution in [0.4, 0.5) is 0 Å². The second kappa shape index (κ2) is 57.9. The van der Waals surface area contributed by atoms with Crippen molar-refractivity contribution < 1.29 is 28.6 Å². The molecule has 0 radical (unpaired) electrons.